The molecule has 1 amide bonds. The predicted octanol–water partition coefficient (Wildman–Crippen LogP) is 3.47. The van der Waals surface area contributed by atoms with E-state index in [1.807, 2.05) is 43.0 Å². The highest BCUT2D eigenvalue weighted by atomic mass is 16.2. The summed E-state index contributed by atoms with van der Waals surface area (Å²) in [6.07, 6.45) is 0.602. The topological polar surface area (TPSA) is 45.6 Å². The van der Waals surface area contributed by atoms with Crippen LogP contribution >= 0.6 is 0 Å². The second kappa shape index (κ2) is 8.74. The van der Waals surface area contributed by atoms with Gasteiger partial charge in [0.2, 0.25) is 5.91 Å². The Labute approximate surface area is 167 Å². The molecule has 0 unspecified atom stereocenters. The van der Waals surface area contributed by atoms with E-state index in [0.717, 1.165) is 35.7 Å². The number of aromatic nitrogens is 1. The molecule has 2 aromatic rings. The largest absolute Gasteiger partial charge is 0.340 e. The zero-order chi connectivity index (χ0) is 20.3. The predicted molar refractivity (Wildman–Crippen MR) is 112 cm³/mol. The monoisotopic (exact) mass is 381 g/mol. The highest BCUT2D eigenvalue weighted by molar-refractivity contribution is 5.99. The van der Waals surface area contributed by atoms with Crippen LogP contribution in [-0.2, 0) is 4.79 Å². The van der Waals surface area contributed by atoms with Crippen molar-refractivity contribution >= 4 is 11.7 Å². The summed E-state index contributed by atoms with van der Waals surface area (Å²) in [5, 5.41) is 0. The number of ketones is 1. The number of benzene rings is 1. The molecule has 0 atom stereocenters. The minimum atomic E-state index is 0.150. The van der Waals surface area contributed by atoms with E-state index >= 15 is 0 Å². The van der Waals surface area contributed by atoms with Crippen LogP contribution in [0.1, 0.15) is 42.0 Å². The van der Waals surface area contributed by atoms with E-state index in [9.17, 15) is 9.59 Å². The number of carbonyl (C=O) groups excluding carboxylic acids is 2. The van der Waals surface area contributed by atoms with Crippen LogP contribution in [-0.4, -0.2) is 58.8 Å². The lowest BCUT2D eigenvalue weighted by molar-refractivity contribution is -0.133. The van der Waals surface area contributed by atoms with Crippen LogP contribution in [0.3, 0.4) is 0 Å². The molecular formula is C23H31N3O2. The zero-order valence-electron chi connectivity index (χ0n) is 17.4. The lowest BCUT2D eigenvalue weighted by atomic mass is 10.1. The summed E-state index contributed by atoms with van der Waals surface area (Å²) in [7, 11) is 0. The number of para-hydroxylation sites is 1. The van der Waals surface area contributed by atoms with Crippen molar-refractivity contribution in [3.05, 3.63) is 53.3 Å². The summed E-state index contributed by atoms with van der Waals surface area (Å²) >= 11 is 0. The molecule has 1 fully saturated rings. The third kappa shape index (κ3) is 4.53. The third-order valence-electron chi connectivity index (χ3n) is 5.42. The fourth-order valence-electron chi connectivity index (χ4n) is 3.94. The van der Waals surface area contributed by atoms with Crippen molar-refractivity contribution in [2.45, 2.75) is 34.1 Å². The van der Waals surface area contributed by atoms with Gasteiger partial charge in [-0.05, 0) is 38.0 Å². The van der Waals surface area contributed by atoms with Gasteiger partial charge in [0.25, 0.3) is 0 Å². The quantitative estimate of drug-likeness (QED) is 0.720. The number of hydrogen-bond donors (Lipinski definition) is 0. The molecular weight excluding hydrogens is 350 g/mol. The van der Waals surface area contributed by atoms with Gasteiger partial charge in [-0.2, -0.15) is 0 Å². The smallest absolute Gasteiger partial charge is 0.222 e. The Morgan fingerprint density at radius 3 is 2.25 bits per heavy atom. The summed E-state index contributed by atoms with van der Waals surface area (Å²) in [5.74, 6) is 0.761. The van der Waals surface area contributed by atoms with E-state index in [1.54, 1.807) is 0 Å². The van der Waals surface area contributed by atoms with Crippen molar-refractivity contribution in [3.63, 3.8) is 0 Å². The molecule has 0 radical (unpaired) electrons. The molecule has 1 aliphatic rings. The van der Waals surface area contributed by atoms with Gasteiger partial charge >= 0.3 is 0 Å². The van der Waals surface area contributed by atoms with Crippen LogP contribution in [0.2, 0.25) is 0 Å². The molecule has 0 spiro atoms. The number of Topliss-reactive ketones (excluding diaryl/α,β-unsaturated/α-hetero) is 1. The van der Waals surface area contributed by atoms with Crippen LogP contribution in [0.25, 0.3) is 5.69 Å². The second-order valence-electron chi connectivity index (χ2n) is 8.13. The number of nitrogens with zero attached hydrogens (tertiary/aromatic N) is 3. The minimum absolute atomic E-state index is 0.150. The molecule has 0 N–H and O–H groups in total. The van der Waals surface area contributed by atoms with Crippen molar-refractivity contribution in [1.29, 1.82) is 0 Å². The van der Waals surface area contributed by atoms with E-state index in [0.29, 0.717) is 32.0 Å². The van der Waals surface area contributed by atoms with E-state index < -0.39 is 0 Å². The first kappa shape index (κ1) is 20.3. The number of hydrogen-bond acceptors (Lipinski definition) is 3. The third-order valence-corrected chi connectivity index (χ3v) is 5.42. The van der Waals surface area contributed by atoms with Gasteiger partial charge in [0.15, 0.2) is 5.78 Å². The van der Waals surface area contributed by atoms with Gasteiger partial charge < -0.3 is 9.47 Å². The molecule has 0 bridgehead atoms. The van der Waals surface area contributed by atoms with Crippen LogP contribution in [0.4, 0.5) is 0 Å². The van der Waals surface area contributed by atoms with Crippen LogP contribution in [0.5, 0.6) is 0 Å². The van der Waals surface area contributed by atoms with Crippen LogP contribution in [0.15, 0.2) is 36.4 Å². The van der Waals surface area contributed by atoms with Gasteiger partial charge in [0.05, 0.1) is 6.54 Å². The summed E-state index contributed by atoms with van der Waals surface area (Å²) in [4.78, 5) is 29.3. The van der Waals surface area contributed by atoms with Crippen molar-refractivity contribution in [3.8, 4) is 5.69 Å². The Hall–Kier alpha value is -2.40. The highest BCUT2D eigenvalue weighted by Crippen LogP contribution is 2.21. The fraction of sp³-hybridized carbons (Fsp3) is 0.478. The van der Waals surface area contributed by atoms with Crippen molar-refractivity contribution in [2.24, 2.45) is 5.92 Å². The first-order valence-electron chi connectivity index (χ1n) is 10.1. The van der Waals surface area contributed by atoms with Crippen LogP contribution < -0.4 is 0 Å². The number of piperazine rings is 1. The zero-order valence-corrected chi connectivity index (χ0v) is 17.4. The van der Waals surface area contributed by atoms with Gasteiger partial charge in [0.1, 0.15) is 0 Å². The average Bonchev–Trinajstić information content (AvgIpc) is 2.97. The molecule has 28 heavy (non-hydrogen) atoms. The maximum atomic E-state index is 13.0. The summed E-state index contributed by atoms with van der Waals surface area (Å²) in [5.41, 5.74) is 3.92. The van der Waals surface area contributed by atoms with Gasteiger partial charge in [0, 0.05) is 55.2 Å². The SMILES string of the molecule is Cc1cc(C(=O)CN2CCN(C(=O)CC(C)C)CC2)c(C)n1-c1ccccc1. The van der Waals surface area contributed by atoms with E-state index in [-0.39, 0.29) is 11.7 Å². The Bertz CT molecular complexity index is 831. The lowest BCUT2D eigenvalue weighted by Gasteiger charge is -2.34. The van der Waals surface area contributed by atoms with Crippen molar-refractivity contribution < 1.29 is 9.59 Å². The lowest BCUT2D eigenvalue weighted by Crippen LogP contribution is -2.50. The van der Waals surface area contributed by atoms with Gasteiger partial charge in [-0.15, -0.1) is 0 Å². The first-order valence-corrected chi connectivity index (χ1v) is 10.1. The standard InChI is InChI=1S/C23H31N3O2/c1-17(2)14-23(28)25-12-10-24(11-13-25)16-22(27)21-15-18(3)26(19(21)4)20-8-6-5-7-9-20/h5-9,15,17H,10-14,16H2,1-4H3. The molecule has 0 saturated carbocycles. The minimum Gasteiger partial charge on any atom is -0.340 e. The Morgan fingerprint density at radius 2 is 1.64 bits per heavy atom. The maximum Gasteiger partial charge on any atom is 0.222 e. The molecule has 5 heteroatoms. The van der Waals surface area contributed by atoms with Crippen LogP contribution in [0, 0.1) is 19.8 Å². The van der Waals surface area contributed by atoms with Gasteiger partial charge in [-0.3, -0.25) is 14.5 Å². The van der Waals surface area contributed by atoms with E-state index in [1.165, 1.54) is 0 Å². The second-order valence-corrected chi connectivity index (χ2v) is 8.13. The van der Waals surface area contributed by atoms with E-state index in [2.05, 4.69) is 35.4 Å². The molecule has 1 aromatic heterocycles. The number of rotatable bonds is 6. The molecule has 3 rings (SSSR count). The van der Waals surface area contributed by atoms with Crippen molar-refractivity contribution in [2.75, 3.05) is 32.7 Å². The number of carbonyl (C=O) groups is 2. The molecule has 150 valence electrons. The Morgan fingerprint density at radius 1 is 1.00 bits per heavy atom. The first-order chi connectivity index (χ1) is 13.4. The molecule has 1 aromatic carbocycles. The average molecular weight is 382 g/mol. The number of aryl methyl sites for hydroxylation is 1. The molecule has 1 saturated heterocycles. The molecule has 0 aliphatic carbocycles. The van der Waals surface area contributed by atoms with Gasteiger partial charge in [-0.25, -0.2) is 0 Å². The molecule has 2 heterocycles. The molecule has 5 nitrogen and oxygen atoms in total. The Balaban J connectivity index is 1.63. The molecule has 1 aliphatic heterocycles. The highest BCUT2D eigenvalue weighted by Gasteiger charge is 2.24. The normalized spacial score (nSPS) is 15.2. The summed E-state index contributed by atoms with van der Waals surface area (Å²) in [6, 6.07) is 12.1. The number of amides is 1. The van der Waals surface area contributed by atoms with Gasteiger partial charge in [-0.1, -0.05) is 32.0 Å². The Kier molecular flexibility index (Phi) is 6.35. The summed E-state index contributed by atoms with van der Waals surface area (Å²) in [6.45, 7) is 11.5. The van der Waals surface area contributed by atoms with Crippen molar-refractivity contribution in [1.82, 2.24) is 14.4 Å². The maximum absolute atomic E-state index is 13.0. The summed E-state index contributed by atoms with van der Waals surface area (Å²) < 4.78 is 2.13. The fourth-order valence-corrected chi connectivity index (χ4v) is 3.94. The van der Waals surface area contributed by atoms with E-state index in [4.69, 9.17) is 0 Å².